The van der Waals surface area contributed by atoms with Crippen LogP contribution in [0.5, 0.6) is 0 Å². The number of aryl methyl sites for hydroxylation is 1. The normalized spacial score (nSPS) is 24.2. The van der Waals surface area contributed by atoms with Crippen LogP contribution in [0.2, 0.25) is 0 Å². The number of carbonyl (C=O) groups excluding carboxylic acids is 2. The van der Waals surface area contributed by atoms with E-state index in [1.807, 2.05) is 38.1 Å². The third kappa shape index (κ3) is 3.12. The predicted octanol–water partition coefficient (Wildman–Crippen LogP) is 1.54. The van der Waals surface area contributed by atoms with Crippen molar-refractivity contribution in [3.8, 4) is 0 Å². The van der Waals surface area contributed by atoms with Crippen LogP contribution in [0.15, 0.2) is 30.3 Å². The van der Waals surface area contributed by atoms with Crippen molar-refractivity contribution in [1.82, 2.24) is 20.4 Å². The smallest absolute Gasteiger partial charge is 0.271 e. The number of ether oxygens (including phenoxy) is 1. The first-order valence-corrected chi connectivity index (χ1v) is 9.27. The maximum Gasteiger partial charge on any atom is 0.271 e. The van der Waals surface area contributed by atoms with Crippen molar-refractivity contribution < 1.29 is 14.3 Å². The quantitative estimate of drug-likeness (QED) is 0.838. The van der Waals surface area contributed by atoms with Gasteiger partial charge in [-0.15, -0.1) is 0 Å². The maximum atomic E-state index is 12.9. The zero-order chi connectivity index (χ0) is 19.1. The maximum absolute atomic E-state index is 12.9. The summed E-state index contributed by atoms with van der Waals surface area (Å²) in [6.07, 6.45) is 0. The summed E-state index contributed by atoms with van der Waals surface area (Å²) < 4.78 is 7.04. The van der Waals surface area contributed by atoms with Gasteiger partial charge in [-0.25, -0.2) is 0 Å². The standard InChI is InChI=1S/C20H24N4O3/c1-11-6-4-5-7-13(11)12(2)24-17(8-16(23-24)19(25)21-3)20(26)22-18-14-9-27-10-15(14)18/h4-8,12,14-15,18H,9-10H2,1-3H3,(H,21,25)(H,22,26)/t12-,14-,15+,18?/m0/s1. The van der Waals surface area contributed by atoms with Crippen LogP contribution in [0.25, 0.3) is 0 Å². The van der Waals surface area contributed by atoms with Crippen molar-refractivity contribution >= 4 is 11.8 Å². The van der Waals surface area contributed by atoms with E-state index >= 15 is 0 Å². The Morgan fingerprint density at radius 1 is 1.22 bits per heavy atom. The average Bonchev–Trinajstić information content (AvgIpc) is 3.08. The van der Waals surface area contributed by atoms with Gasteiger partial charge in [0, 0.05) is 31.0 Å². The summed E-state index contributed by atoms with van der Waals surface area (Å²) in [5.74, 6) is 0.323. The number of benzene rings is 1. The largest absolute Gasteiger partial charge is 0.381 e. The molecule has 1 aromatic carbocycles. The Morgan fingerprint density at radius 3 is 2.59 bits per heavy atom. The highest BCUT2D eigenvalue weighted by Gasteiger charge is 2.55. The van der Waals surface area contributed by atoms with E-state index in [0.29, 0.717) is 30.7 Å². The van der Waals surface area contributed by atoms with Crippen LogP contribution in [-0.4, -0.2) is 47.9 Å². The number of carbonyl (C=O) groups is 2. The van der Waals surface area contributed by atoms with Gasteiger partial charge in [-0.1, -0.05) is 24.3 Å². The van der Waals surface area contributed by atoms with Crippen LogP contribution in [0.3, 0.4) is 0 Å². The van der Waals surface area contributed by atoms with E-state index in [-0.39, 0.29) is 29.6 Å². The van der Waals surface area contributed by atoms with Gasteiger partial charge >= 0.3 is 0 Å². The molecule has 2 N–H and O–H groups in total. The summed E-state index contributed by atoms with van der Waals surface area (Å²) in [4.78, 5) is 25.0. The van der Waals surface area contributed by atoms with Gasteiger partial charge in [0.15, 0.2) is 5.69 Å². The Kier molecular flexibility index (Phi) is 4.47. The molecule has 142 valence electrons. The molecule has 2 aromatic rings. The highest BCUT2D eigenvalue weighted by atomic mass is 16.5. The van der Waals surface area contributed by atoms with E-state index in [1.165, 1.54) is 0 Å². The molecule has 2 fully saturated rings. The van der Waals surface area contributed by atoms with Gasteiger partial charge < -0.3 is 15.4 Å². The Bertz CT molecular complexity index is 881. The molecule has 2 amide bonds. The van der Waals surface area contributed by atoms with Gasteiger partial charge in [-0.2, -0.15) is 5.10 Å². The Morgan fingerprint density at radius 2 is 1.93 bits per heavy atom. The molecule has 4 atom stereocenters. The average molecular weight is 368 g/mol. The highest BCUT2D eigenvalue weighted by molar-refractivity contribution is 5.98. The van der Waals surface area contributed by atoms with Crippen molar-refractivity contribution in [2.45, 2.75) is 25.9 Å². The third-order valence-electron chi connectivity index (χ3n) is 5.68. The van der Waals surface area contributed by atoms with Gasteiger partial charge in [0.25, 0.3) is 11.8 Å². The summed E-state index contributed by atoms with van der Waals surface area (Å²) in [5, 5.41) is 10.1. The number of nitrogens with one attached hydrogen (secondary N) is 2. The number of hydrogen-bond acceptors (Lipinski definition) is 4. The molecule has 1 unspecified atom stereocenters. The highest BCUT2D eigenvalue weighted by Crippen LogP contribution is 2.44. The monoisotopic (exact) mass is 368 g/mol. The lowest BCUT2D eigenvalue weighted by Gasteiger charge is -2.18. The van der Waals surface area contributed by atoms with E-state index < -0.39 is 0 Å². The van der Waals surface area contributed by atoms with Gasteiger partial charge in [-0.3, -0.25) is 14.3 Å². The minimum atomic E-state index is -0.309. The topological polar surface area (TPSA) is 85.3 Å². The second kappa shape index (κ2) is 6.81. The minimum absolute atomic E-state index is 0.159. The summed E-state index contributed by atoms with van der Waals surface area (Å²) in [7, 11) is 1.55. The number of rotatable bonds is 5. The summed E-state index contributed by atoms with van der Waals surface area (Å²) in [6, 6.07) is 9.54. The summed E-state index contributed by atoms with van der Waals surface area (Å²) in [5.41, 5.74) is 2.81. The van der Waals surface area contributed by atoms with Crippen LogP contribution < -0.4 is 10.6 Å². The lowest BCUT2D eigenvalue weighted by molar-refractivity contribution is 0.0915. The van der Waals surface area contributed by atoms with E-state index in [0.717, 1.165) is 11.1 Å². The Labute approximate surface area is 158 Å². The van der Waals surface area contributed by atoms with Crippen LogP contribution >= 0.6 is 0 Å². The first kappa shape index (κ1) is 17.7. The van der Waals surface area contributed by atoms with Gasteiger partial charge in [0.05, 0.1) is 19.3 Å². The lowest BCUT2D eigenvalue weighted by atomic mass is 10.0. The number of hydrogen-bond donors (Lipinski definition) is 2. The molecule has 0 radical (unpaired) electrons. The second-order valence-corrected chi connectivity index (χ2v) is 7.34. The van der Waals surface area contributed by atoms with Gasteiger partial charge in [0.1, 0.15) is 5.69 Å². The number of amides is 2. The molecule has 1 saturated heterocycles. The Balaban J connectivity index is 1.65. The molecule has 2 heterocycles. The van der Waals surface area contributed by atoms with Crippen molar-refractivity contribution in [1.29, 1.82) is 0 Å². The molecule has 7 nitrogen and oxygen atoms in total. The molecule has 7 heteroatoms. The first-order chi connectivity index (χ1) is 13.0. The van der Waals surface area contributed by atoms with Gasteiger partial charge in [0.2, 0.25) is 0 Å². The van der Waals surface area contributed by atoms with Crippen molar-refractivity contribution in [2.24, 2.45) is 11.8 Å². The van der Waals surface area contributed by atoms with Crippen LogP contribution in [0, 0.1) is 18.8 Å². The minimum Gasteiger partial charge on any atom is -0.381 e. The molecule has 27 heavy (non-hydrogen) atoms. The number of nitrogens with zero attached hydrogens (tertiary/aromatic N) is 2. The van der Waals surface area contributed by atoms with Crippen molar-refractivity contribution in [3.05, 3.63) is 52.8 Å². The predicted molar refractivity (Wildman–Crippen MR) is 99.7 cm³/mol. The SMILES string of the molecule is CNC(=O)c1cc(C(=O)NC2[C@H]3COC[C@@H]23)n([C@@H](C)c2ccccc2C)n1. The van der Waals surface area contributed by atoms with E-state index in [1.54, 1.807) is 17.8 Å². The van der Waals surface area contributed by atoms with E-state index in [9.17, 15) is 9.59 Å². The zero-order valence-corrected chi connectivity index (χ0v) is 15.7. The molecular formula is C20H24N4O3. The Hall–Kier alpha value is -2.67. The van der Waals surface area contributed by atoms with Crippen LogP contribution in [0.1, 0.15) is 45.1 Å². The van der Waals surface area contributed by atoms with Crippen molar-refractivity contribution in [2.75, 3.05) is 20.3 Å². The summed E-state index contributed by atoms with van der Waals surface area (Å²) >= 11 is 0. The van der Waals surface area contributed by atoms with Gasteiger partial charge in [-0.05, 0) is 25.0 Å². The van der Waals surface area contributed by atoms with Crippen LogP contribution in [-0.2, 0) is 4.74 Å². The summed E-state index contributed by atoms with van der Waals surface area (Å²) in [6.45, 7) is 5.43. The molecule has 1 aliphatic heterocycles. The first-order valence-electron chi connectivity index (χ1n) is 9.27. The zero-order valence-electron chi connectivity index (χ0n) is 15.7. The van der Waals surface area contributed by atoms with E-state index in [4.69, 9.17) is 4.74 Å². The molecule has 1 saturated carbocycles. The molecular weight excluding hydrogens is 344 g/mol. The fourth-order valence-corrected chi connectivity index (χ4v) is 3.96. The van der Waals surface area contributed by atoms with Crippen LogP contribution in [0.4, 0.5) is 0 Å². The molecule has 0 bridgehead atoms. The van der Waals surface area contributed by atoms with Crippen molar-refractivity contribution in [3.63, 3.8) is 0 Å². The second-order valence-electron chi connectivity index (χ2n) is 7.34. The molecule has 4 rings (SSSR count). The molecule has 1 aromatic heterocycles. The number of fused-ring (bicyclic) bond motifs is 1. The molecule has 1 aliphatic carbocycles. The number of aromatic nitrogens is 2. The molecule has 2 aliphatic rings. The lowest BCUT2D eigenvalue weighted by Crippen LogP contribution is -2.32. The molecule has 0 spiro atoms. The third-order valence-corrected chi connectivity index (χ3v) is 5.68. The van der Waals surface area contributed by atoms with E-state index in [2.05, 4.69) is 15.7 Å². The fraction of sp³-hybridized carbons (Fsp3) is 0.450. The fourth-order valence-electron chi connectivity index (χ4n) is 3.96.